The normalized spacial score (nSPS) is 10.3. The SMILES string of the molecule is CC.CCCOCCOCCOCCOc1ccc(-c2ccc(OCC)cc2)cc1. The second kappa shape index (κ2) is 17.8. The Balaban J connectivity index is 0.00000218. The summed E-state index contributed by atoms with van der Waals surface area (Å²) in [4.78, 5) is 0. The number of hydrogen-bond donors (Lipinski definition) is 0. The lowest BCUT2D eigenvalue weighted by molar-refractivity contribution is 0.00945. The van der Waals surface area contributed by atoms with Crippen LogP contribution in [0.1, 0.15) is 34.1 Å². The molecule has 0 N–H and O–H groups in total. The highest BCUT2D eigenvalue weighted by Crippen LogP contribution is 2.24. The van der Waals surface area contributed by atoms with E-state index in [1.807, 2.05) is 45.0 Å². The van der Waals surface area contributed by atoms with E-state index in [4.69, 9.17) is 23.7 Å². The Morgan fingerprint density at radius 3 is 1.33 bits per heavy atom. The van der Waals surface area contributed by atoms with Gasteiger partial charge in [0.2, 0.25) is 0 Å². The molecule has 0 atom stereocenters. The summed E-state index contributed by atoms with van der Waals surface area (Å²) in [7, 11) is 0. The molecular formula is C25H38O5. The zero-order valence-corrected chi connectivity index (χ0v) is 19.0. The third kappa shape index (κ3) is 11.2. The van der Waals surface area contributed by atoms with E-state index in [1.165, 1.54) is 0 Å². The van der Waals surface area contributed by atoms with Crippen LogP contribution in [0.4, 0.5) is 0 Å². The molecule has 30 heavy (non-hydrogen) atoms. The third-order valence-corrected chi connectivity index (χ3v) is 3.94. The van der Waals surface area contributed by atoms with Crippen molar-refractivity contribution >= 4 is 0 Å². The highest BCUT2D eigenvalue weighted by atomic mass is 16.6. The van der Waals surface area contributed by atoms with Gasteiger partial charge in [0.15, 0.2) is 0 Å². The maximum Gasteiger partial charge on any atom is 0.119 e. The maximum atomic E-state index is 5.71. The van der Waals surface area contributed by atoms with Crippen LogP contribution in [0, 0.1) is 0 Å². The van der Waals surface area contributed by atoms with Crippen molar-refractivity contribution in [3.8, 4) is 22.6 Å². The van der Waals surface area contributed by atoms with Crippen LogP contribution in [0.2, 0.25) is 0 Å². The Morgan fingerprint density at radius 1 is 0.500 bits per heavy atom. The van der Waals surface area contributed by atoms with Crippen molar-refractivity contribution in [3.05, 3.63) is 48.5 Å². The molecule has 5 nitrogen and oxygen atoms in total. The Labute approximate surface area is 182 Å². The van der Waals surface area contributed by atoms with Gasteiger partial charge in [-0.05, 0) is 48.7 Å². The summed E-state index contributed by atoms with van der Waals surface area (Å²) in [5.41, 5.74) is 2.30. The van der Waals surface area contributed by atoms with Crippen molar-refractivity contribution in [2.75, 3.05) is 52.9 Å². The number of benzene rings is 2. The van der Waals surface area contributed by atoms with Crippen molar-refractivity contribution in [3.63, 3.8) is 0 Å². The van der Waals surface area contributed by atoms with Crippen molar-refractivity contribution in [2.45, 2.75) is 34.1 Å². The summed E-state index contributed by atoms with van der Waals surface area (Å²) >= 11 is 0. The average Bonchev–Trinajstić information content (AvgIpc) is 2.80. The van der Waals surface area contributed by atoms with E-state index >= 15 is 0 Å². The van der Waals surface area contributed by atoms with Crippen LogP contribution in [0.5, 0.6) is 11.5 Å². The van der Waals surface area contributed by atoms with Gasteiger partial charge < -0.3 is 23.7 Å². The van der Waals surface area contributed by atoms with Crippen LogP contribution < -0.4 is 9.47 Å². The molecule has 0 saturated carbocycles. The molecule has 2 aromatic rings. The lowest BCUT2D eigenvalue weighted by atomic mass is 10.1. The Bertz CT molecular complexity index is 625. The molecule has 168 valence electrons. The molecular weight excluding hydrogens is 380 g/mol. The van der Waals surface area contributed by atoms with E-state index in [0.29, 0.717) is 46.2 Å². The molecule has 0 fully saturated rings. The lowest BCUT2D eigenvalue weighted by Gasteiger charge is -2.09. The molecule has 0 aliphatic heterocycles. The Morgan fingerprint density at radius 2 is 0.900 bits per heavy atom. The largest absolute Gasteiger partial charge is 0.494 e. The van der Waals surface area contributed by atoms with E-state index in [9.17, 15) is 0 Å². The summed E-state index contributed by atoms with van der Waals surface area (Å²) < 4.78 is 27.5. The van der Waals surface area contributed by atoms with Gasteiger partial charge >= 0.3 is 0 Å². The predicted octanol–water partition coefficient (Wildman–Crippen LogP) is 5.62. The minimum atomic E-state index is 0.516. The molecule has 0 aromatic heterocycles. The van der Waals surface area contributed by atoms with Crippen LogP contribution in [0.25, 0.3) is 11.1 Å². The van der Waals surface area contributed by atoms with Gasteiger partial charge in [0.1, 0.15) is 18.1 Å². The maximum absolute atomic E-state index is 5.71. The van der Waals surface area contributed by atoms with Crippen LogP contribution in [-0.2, 0) is 14.2 Å². The summed E-state index contributed by atoms with van der Waals surface area (Å²) in [6.45, 7) is 13.0. The molecule has 0 aliphatic rings. The predicted molar refractivity (Wildman–Crippen MR) is 123 cm³/mol. The third-order valence-electron chi connectivity index (χ3n) is 3.94. The summed E-state index contributed by atoms with van der Waals surface area (Å²) in [6, 6.07) is 16.2. The number of rotatable bonds is 15. The molecule has 0 bridgehead atoms. The fourth-order valence-electron chi connectivity index (χ4n) is 2.56. The van der Waals surface area contributed by atoms with Crippen LogP contribution in [0.15, 0.2) is 48.5 Å². The van der Waals surface area contributed by atoms with Crippen LogP contribution in [-0.4, -0.2) is 52.9 Å². The highest BCUT2D eigenvalue weighted by molar-refractivity contribution is 5.64. The van der Waals surface area contributed by atoms with E-state index in [-0.39, 0.29) is 0 Å². The second-order valence-corrected chi connectivity index (χ2v) is 6.17. The quantitative estimate of drug-likeness (QED) is 0.351. The fourth-order valence-corrected chi connectivity index (χ4v) is 2.56. The molecule has 0 saturated heterocycles. The first-order valence-corrected chi connectivity index (χ1v) is 11.0. The first-order chi connectivity index (χ1) is 14.8. The molecule has 0 heterocycles. The van der Waals surface area contributed by atoms with Crippen molar-refractivity contribution < 1.29 is 23.7 Å². The van der Waals surface area contributed by atoms with Crippen LogP contribution >= 0.6 is 0 Å². The number of ether oxygens (including phenoxy) is 5. The van der Waals surface area contributed by atoms with Gasteiger partial charge in [-0.2, -0.15) is 0 Å². The Hall–Kier alpha value is -2.08. The van der Waals surface area contributed by atoms with E-state index < -0.39 is 0 Å². The molecule has 0 aliphatic carbocycles. The van der Waals surface area contributed by atoms with Gasteiger partial charge in [0.05, 0.1) is 39.6 Å². The van der Waals surface area contributed by atoms with Gasteiger partial charge in [0, 0.05) is 6.61 Å². The fraction of sp³-hybridized carbons (Fsp3) is 0.520. The molecule has 5 heteroatoms. The minimum Gasteiger partial charge on any atom is -0.494 e. The van der Waals surface area contributed by atoms with Crippen molar-refractivity contribution in [1.29, 1.82) is 0 Å². The van der Waals surface area contributed by atoms with E-state index in [2.05, 4.69) is 31.2 Å². The lowest BCUT2D eigenvalue weighted by Crippen LogP contribution is -2.12. The van der Waals surface area contributed by atoms with E-state index in [1.54, 1.807) is 0 Å². The van der Waals surface area contributed by atoms with Crippen LogP contribution in [0.3, 0.4) is 0 Å². The number of hydrogen-bond acceptors (Lipinski definition) is 5. The van der Waals surface area contributed by atoms with E-state index in [0.717, 1.165) is 35.7 Å². The molecule has 0 unspecified atom stereocenters. The van der Waals surface area contributed by atoms with Gasteiger partial charge in [0.25, 0.3) is 0 Å². The Kier molecular flexibility index (Phi) is 15.4. The minimum absolute atomic E-state index is 0.516. The highest BCUT2D eigenvalue weighted by Gasteiger charge is 2.00. The van der Waals surface area contributed by atoms with Crippen molar-refractivity contribution in [2.24, 2.45) is 0 Å². The van der Waals surface area contributed by atoms with Gasteiger partial charge in [-0.25, -0.2) is 0 Å². The van der Waals surface area contributed by atoms with Gasteiger partial charge in [-0.15, -0.1) is 0 Å². The summed E-state index contributed by atoms with van der Waals surface area (Å²) in [5.74, 6) is 1.73. The zero-order chi connectivity index (χ0) is 21.9. The smallest absolute Gasteiger partial charge is 0.119 e. The summed E-state index contributed by atoms with van der Waals surface area (Å²) in [5, 5.41) is 0. The monoisotopic (exact) mass is 418 g/mol. The molecule has 0 spiro atoms. The standard InChI is InChI=1S/C23H32O5.C2H6/c1-3-13-24-14-15-25-16-17-26-18-19-28-23-11-7-21(8-12-23)20-5-9-22(10-6-20)27-4-2;1-2/h5-12H,3-4,13-19H2,1-2H3;1-2H3. The first-order valence-electron chi connectivity index (χ1n) is 11.0. The second-order valence-electron chi connectivity index (χ2n) is 6.17. The topological polar surface area (TPSA) is 46.2 Å². The zero-order valence-electron chi connectivity index (χ0n) is 19.0. The molecule has 2 rings (SSSR count). The average molecular weight is 419 g/mol. The van der Waals surface area contributed by atoms with Gasteiger partial charge in [-0.3, -0.25) is 0 Å². The molecule has 0 radical (unpaired) electrons. The first kappa shape index (κ1) is 26.0. The van der Waals surface area contributed by atoms with Gasteiger partial charge in [-0.1, -0.05) is 45.0 Å². The summed E-state index contributed by atoms with van der Waals surface area (Å²) in [6.07, 6.45) is 1.04. The molecule has 2 aromatic carbocycles. The van der Waals surface area contributed by atoms with Crippen molar-refractivity contribution in [1.82, 2.24) is 0 Å². The molecule has 0 amide bonds.